The Morgan fingerprint density at radius 2 is 1.97 bits per heavy atom. The minimum atomic E-state index is -0.901. The van der Waals surface area contributed by atoms with Crippen LogP contribution in [0.25, 0.3) is 11.4 Å². The monoisotopic (exact) mass is 411 g/mol. The Labute approximate surface area is 171 Å². The van der Waals surface area contributed by atoms with Crippen molar-refractivity contribution in [2.75, 3.05) is 18.6 Å². The van der Waals surface area contributed by atoms with Gasteiger partial charge < -0.3 is 18.9 Å². The maximum Gasteiger partial charge on any atom is 0.348 e. The lowest BCUT2D eigenvalue weighted by molar-refractivity contribution is -0.148. The minimum absolute atomic E-state index is 0.0488. The van der Waals surface area contributed by atoms with Gasteiger partial charge in [-0.3, -0.25) is 4.79 Å². The van der Waals surface area contributed by atoms with Crippen LogP contribution in [0.5, 0.6) is 5.75 Å². The van der Waals surface area contributed by atoms with Gasteiger partial charge in [-0.15, -0.1) is 0 Å². The molecule has 1 aliphatic rings. The number of hydrogen-bond donors (Lipinski definition) is 0. The number of amides is 1. The molecule has 9 heteroatoms. The van der Waals surface area contributed by atoms with Crippen molar-refractivity contribution < 1.29 is 28.0 Å². The Morgan fingerprint density at radius 3 is 2.73 bits per heavy atom. The van der Waals surface area contributed by atoms with Crippen molar-refractivity contribution in [1.29, 1.82) is 0 Å². The van der Waals surface area contributed by atoms with E-state index in [-0.39, 0.29) is 37.0 Å². The van der Waals surface area contributed by atoms with Crippen LogP contribution in [0.3, 0.4) is 0 Å². The molecule has 0 fully saturated rings. The highest BCUT2D eigenvalue weighted by atomic mass is 19.1. The van der Waals surface area contributed by atoms with Crippen molar-refractivity contribution in [2.24, 2.45) is 0 Å². The molecule has 0 spiro atoms. The summed E-state index contributed by atoms with van der Waals surface area (Å²) in [5, 5.41) is 3.87. The molecule has 2 aromatic carbocycles. The molecule has 1 aromatic heterocycles. The molecule has 0 radical (unpaired) electrons. The summed E-state index contributed by atoms with van der Waals surface area (Å²) in [5.74, 6) is -0.0917. The minimum Gasteiger partial charge on any atom is -0.475 e. The number of carbonyl (C=O) groups is 2. The average Bonchev–Trinajstić information content (AvgIpc) is 3.25. The first-order valence-electron chi connectivity index (χ1n) is 9.27. The van der Waals surface area contributed by atoms with E-state index in [2.05, 4.69) is 10.1 Å². The van der Waals surface area contributed by atoms with Crippen LogP contribution in [-0.2, 0) is 20.7 Å². The smallest absolute Gasteiger partial charge is 0.348 e. The lowest BCUT2D eigenvalue weighted by atomic mass is 10.1. The van der Waals surface area contributed by atoms with Crippen molar-refractivity contribution in [2.45, 2.75) is 18.9 Å². The van der Waals surface area contributed by atoms with E-state index in [1.54, 1.807) is 36.4 Å². The molecule has 4 rings (SSSR count). The predicted octanol–water partition coefficient (Wildman–Crippen LogP) is 2.78. The van der Waals surface area contributed by atoms with Crippen LogP contribution in [0.2, 0.25) is 0 Å². The van der Waals surface area contributed by atoms with Gasteiger partial charge in [0.05, 0.1) is 19.3 Å². The summed E-state index contributed by atoms with van der Waals surface area (Å²) in [6.45, 7) is 0.0488. The van der Waals surface area contributed by atoms with Crippen molar-refractivity contribution >= 4 is 17.6 Å². The number of carbonyl (C=O) groups excluding carboxylic acids is 2. The molecule has 0 unspecified atom stereocenters. The average molecular weight is 411 g/mol. The molecule has 8 nitrogen and oxygen atoms in total. The van der Waals surface area contributed by atoms with Crippen LogP contribution in [0.1, 0.15) is 12.3 Å². The number of rotatable bonds is 5. The maximum atomic E-state index is 13.1. The van der Waals surface area contributed by atoms with Crippen LogP contribution in [0, 0.1) is 5.82 Å². The van der Waals surface area contributed by atoms with Crippen molar-refractivity contribution in [3.05, 3.63) is 60.2 Å². The predicted molar refractivity (Wildman–Crippen MR) is 103 cm³/mol. The Kier molecular flexibility index (Phi) is 5.42. The van der Waals surface area contributed by atoms with Gasteiger partial charge in [-0.1, -0.05) is 17.3 Å². The van der Waals surface area contributed by atoms with Crippen molar-refractivity contribution in [1.82, 2.24) is 10.1 Å². The third kappa shape index (κ3) is 4.00. The fourth-order valence-corrected chi connectivity index (χ4v) is 3.15. The Hall–Kier alpha value is -3.75. The largest absolute Gasteiger partial charge is 0.475 e. The highest BCUT2D eigenvalue weighted by Gasteiger charge is 2.34. The van der Waals surface area contributed by atoms with Crippen molar-refractivity contribution in [3.8, 4) is 17.1 Å². The zero-order valence-electron chi connectivity index (χ0n) is 16.1. The third-order valence-electron chi connectivity index (χ3n) is 4.66. The van der Waals surface area contributed by atoms with Gasteiger partial charge in [-0.05, 0) is 36.4 Å². The van der Waals surface area contributed by atoms with Crippen LogP contribution >= 0.6 is 0 Å². The number of para-hydroxylation sites is 2. The Morgan fingerprint density at radius 1 is 1.20 bits per heavy atom. The zero-order valence-corrected chi connectivity index (χ0v) is 16.1. The van der Waals surface area contributed by atoms with Crippen LogP contribution < -0.4 is 9.64 Å². The summed E-state index contributed by atoms with van der Waals surface area (Å²) in [7, 11) is 1.27. The molecular formula is C21H18FN3O5. The topological polar surface area (TPSA) is 94.8 Å². The highest BCUT2D eigenvalue weighted by Crippen LogP contribution is 2.33. The zero-order chi connectivity index (χ0) is 21.1. The van der Waals surface area contributed by atoms with Crippen LogP contribution in [-0.4, -0.2) is 41.8 Å². The van der Waals surface area contributed by atoms with Gasteiger partial charge in [0.15, 0.2) is 0 Å². The van der Waals surface area contributed by atoms with E-state index in [1.807, 2.05) is 0 Å². The fourth-order valence-electron chi connectivity index (χ4n) is 3.15. The van der Waals surface area contributed by atoms with Gasteiger partial charge in [0.1, 0.15) is 11.6 Å². The molecule has 1 amide bonds. The van der Waals surface area contributed by atoms with E-state index in [0.717, 1.165) is 0 Å². The first-order valence-corrected chi connectivity index (χ1v) is 9.27. The summed E-state index contributed by atoms with van der Waals surface area (Å²) in [6, 6.07) is 12.7. The van der Waals surface area contributed by atoms with Crippen LogP contribution in [0.4, 0.5) is 10.1 Å². The van der Waals surface area contributed by atoms with Crippen LogP contribution in [0.15, 0.2) is 53.1 Å². The maximum absolute atomic E-state index is 13.1. The molecule has 0 saturated carbocycles. The number of nitrogens with zero attached hydrogens (tertiary/aromatic N) is 3. The summed E-state index contributed by atoms with van der Waals surface area (Å²) in [4.78, 5) is 30.6. The number of halogens is 1. The second kappa shape index (κ2) is 8.32. The van der Waals surface area contributed by atoms with E-state index in [0.29, 0.717) is 22.8 Å². The SMILES string of the molecule is COC(=O)[C@@H]1CN(C(=O)CCc2nc(-c3ccc(F)cc3)no2)c2ccccc2O1. The second-order valence-corrected chi connectivity index (χ2v) is 6.62. The quantitative estimate of drug-likeness (QED) is 0.596. The van der Waals surface area contributed by atoms with E-state index in [4.69, 9.17) is 14.0 Å². The van der Waals surface area contributed by atoms with E-state index in [9.17, 15) is 14.0 Å². The molecule has 154 valence electrons. The van der Waals surface area contributed by atoms with E-state index < -0.39 is 12.1 Å². The summed E-state index contributed by atoms with van der Waals surface area (Å²) in [6.07, 6.45) is -0.592. The fraction of sp³-hybridized carbons (Fsp3) is 0.238. The number of fused-ring (bicyclic) bond motifs is 1. The first kappa shape index (κ1) is 19.6. The number of hydrogen-bond acceptors (Lipinski definition) is 7. The number of ether oxygens (including phenoxy) is 2. The third-order valence-corrected chi connectivity index (χ3v) is 4.66. The first-order chi connectivity index (χ1) is 14.5. The molecule has 0 bridgehead atoms. The molecule has 30 heavy (non-hydrogen) atoms. The Bertz CT molecular complexity index is 1070. The molecule has 2 heterocycles. The number of methoxy groups -OCH3 is 1. The Balaban J connectivity index is 1.46. The van der Waals surface area contributed by atoms with Gasteiger partial charge in [-0.25, -0.2) is 9.18 Å². The number of benzene rings is 2. The van der Waals surface area contributed by atoms with E-state index in [1.165, 1.54) is 24.1 Å². The van der Waals surface area contributed by atoms with Gasteiger partial charge in [0.2, 0.25) is 23.7 Å². The normalized spacial score (nSPS) is 15.3. The van der Waals surface area contributed by atoms with Gasteiger partial charge in [0, 0.05) is 18.4 Å². The van der Waals surface area contributed by atoms with Gasteiger partial charge >= 0.3 is 5.97 Å². The number of anilines is 1. The molecule has 1 atom stereocenters. The molecule has 0 saturated heterocycles. The van der Waals surface area contributed by atoms with E-state index >= 15 is 0 Å². The molecule has 1 aliphatic heterocycles. The number of aromatic nitrogens is 2. The van der Waals surface area contributed by atoms with Crippen molar-refractivity contribution in [3.63, 3.8) is 0 Å². The number of aryl methyl sites for hydroxylation is 1. The summed E-state index contributed by atoms with van der Waals surface area (Å²) < 4.78 is 28.7. The van der Waals surface area contributed by atoms with Gasteiger partial charge in [-0.2, -0.15) is 4.98 Å². The summed E-state index contributed by atoms with van der Waals surface area (Å²) in [5.41, 5.74) is 1.20. The van der Waals surface area contributed by atoms with Gasteiger partial charge in [0.25, 0.3) is 0 Å². The second-order valence-electron chi connectivity index (χ2n) is 6.62. The molecule has 0 N–H and O–H groups in total. The lowest BCUT2D eigenvalue weighted by Crippen LogP contribution is -2.47. The number of esters is 1. The molecular weight excluding hydrogens is 393 g/mol. The molecule has 3 aromatic rings. The molecule has 0 aliphatic carbocycles. The lowest BCUT2D eigenvalue weighted by Gasteiger charge is -2.33. The highest BCUT2D eigenvalue weighted by molar-refractivity contribution is 5.96. The summed E-state index contributed by atoms with van der Waals surface area (Å²) >= 11 is 0. The standard InChI is InChI=1S/C21H18FN3O5/c1-28-21(27)17-12-25(15-4-2-3-5-16(15)29-17)19(26)11-10-18-23-20(24-30-18)13-6-8-14(22)9-7-13/h2-9,17H,10-12H2,1H3/t17-/m0/s1.